The number of hydrogen-bond acceptors (Lipinski definition) is 5. The molecule has 1 saturated carbocycles. The number of nitrogens with one attached hydrogen (secondary N) is 1. The summed E-state index contributed by atoms with van der Waals surface area (Å²) in [5.41, 5.74) is 2.24. The van der Waals surface area contributed by atoms with Gasteiger partial charge in [-0.15, -0.1) is 0 Å². The Balaban J connectivity index is 1.53. The van der Waals surface area contributed by atoms with Crippen LogP contribution in [0.25, 0.3) is 0 Å². The molecule has 0 heterocycles. The highest BCUT2D eigenvalue weighted by molar-refractivity contribution is 5.92. The summed E-state index contributed by atoms with van der Waals surface area (Å²) in [6.07, 6.45) is 2.21. The van der Waals surface area contributed by atoms with Crippen LogP contribution in [0, 0.1) is 0 Å². The molecule has 0 spiro atoms. The van der Waals surface area contributed by atoms with Crippen molar-refractivity contribution in [2.45, 2.75) is 18.9 Å². The third-order valence-electron chi connectivity index (χ3n) is 3.99. The Morgan fingerprint density at radius 1 is 1.04 bits per heavy atom. The van der Waals surface area contributed by atoms with Gasteiger partial charge in [-0.3, -0.25) is 9.69 Å². The third kappa shape index (κ3) is 5.48. The van der Waals surface area contributed by atoms with Gasteiger partial charge in [0.25, 0.3) is 0 Å². The molecule has 0 saturated heterocycles. The predicted octanol–water partition coefficient (Wildman–Crippen LogP) is 3.50. The van der Waals surface area contributed by atoms with Crippen LogP contribution in [0.15, 0.2) is 64.8 Å². The number of amides is 1. The zero-order valence-electron chi connectivity index (χ0n) is 14.0. The molecular weight excluding hydrogens is 316 g/mol. The van der Waals surface area contributed by atoms with Crippen molar-refractivity contribution in [3.8, 4) is 0 Å². The molecule has 0 aliphatic heterocycles. The molecule has 1 aliphatic carbocycles. The van der Waals surface area contributed by atoms with E-state index in [4.69, 9.17) is 5.11 Å². The molecule has 0 atom stereocenters. The second-order valence-corrected chi connectivity index (χ2v) is 6.06. The van der Waals surface area contributed by atoms with E-state index in [2.05, 4.69) is 15.5 Å². The van der Waals surface area contributed by atoms with E-state index in [0.29, 0.717) is 19.1 Å². The summed E-state index contributed by atoms with van der Waals surface area (Å²) in [4.78, 5) is 14.2. The van der Waals surface area contributed by atoms with Crippen LogP contribution >= 0.6 is 0 Å². The Bertz CT molecular complexity index is 712. The van der Waals surface area contributed by atoms with Crippen molar-refractivity contribution in [1.29, 1.82) is 0 Å². The Morgan fingerprint density at radius 2 is 1.68 bits per heavy atom. The highest BCUT2D eigenvalue weighted by Gasteiger charge is 2.29. The van der Waals surface area contributed by atoms with Crippen LogP contribution in [-0.4, -0.2) is 41.7 Å². The maximum atomic E-state index is 12.1. The molecule has 2 aromatic rings. The summed E-state index contributed by atoms with van der Waals surface area (Å²) in [7, 11) is 0. The highest BCUT2D eigenvalue weighted by atomic mass is 16.3. The molecule has 2 N–H and O–H groups in total. The number of aliphatic hydroxyl groups is 1. The van der Waals surface area contributed by atoms with Gasteiger partial charge in [0.1, 0.15) is 0 Å². The summed E-state index contributed by atoms with van der Waals surface area (Å²) >= 11 is 0. The molecule has 130 valence electrons. The molecule has 1 amide bonds. The minimum Gasteiger partial charge on any atom is -0.395 e. The number of carbonyl (C=O) groups is 1. The largest absolute Gasteiger partial charge is 0.395 e. The second kappa shape index (κ2) is 8.50. The molecule has 25 heavy (non-hydrogen) atoms. The second-order valence-electron chi connectivity index (χ2n) is 6.06. The van der Waals surface area contributed by atoms with E-state index in [9.17, 15) is 4.79 Å². The Hall–Kier alpha value is -2.57. The first-order valence-electron chi connectivity index (χ1n) is 8.46. The monoisotopic (exact) mass is 338 g/mol. The van der Waals surface area contributed by atoms with Gasteiger partial charge >= 0.3 is 0 Å². The van der Waals surface area contributed by atoms with Crippen molar-refractivity contribution in [1.82, 2.24) is 4.90 Å². The summed E-state index contributed by atoms with van der Waals surface area (Å²) in [5, 5.41) is 20.3. The molecule has 3 rings (SSSR count). The van der Waals surface area contributed by atoms with E-state index < -0.39 is 0 Å². The topological polar surface area (TPSA) is 77.3 Å². The van der Waals surface area contributed by atoms with Gasteiger partial charge in [-0.25, -0.2) is 0 Å². The van der Waals surface area contributed by atoms with E-state index in [-0.39, 0.29) is 12.5 Å². The normalized spacial score (nSPS) is 14.2. The first-order valence-corrected chi connectivity index (χ1v) is 8.46. The summed E-state index contributed by atoms with van der Waals surface area (Å²) in [6.45, 7) is 0.919. The lowest BCUT2D eigenvalue weighted by molar-refractivity contribution is -0.117. The average molecular weight is 338 g/mol. The molecule has 0 radical (unpaired) electrons. The van der Waals surface area contributed by atoms with E-state index in [1.165, 1.54) is 0 Å². The number of aliphatic hydroxyl groups excluding tert-OH is 1. The third-order valence-corrected chi connectivity index (χ3v) is 3.99. The number of carbonyl (C=O) groups excluding carboxylic acids is 1. The summed E-state index contributed by atoms with van der Waals surface area (Å²) in [5.74, 6) is -0.0704. The van der Waals surface area contributed by atoms with Gasteiger partial charge in [-0.05, 0) is 49.2 Å². The minimum absolute atomic E-state index is 0.0704. The maximum absolute atomic E-state index is 12.1. The molecule has 1 fully saturated rings. The van der Waals surface area contributed by atoms with Gasteiger partial charge < -0.3 is 10.4 Å². The fraction of sp³-hybridized carbons (Fsp3) is 0.316. The van der Waals surface area contributed by atoms with Crippen LogP contribution in [0.4, 0.5) is 17.1 Å². The van der Waals surface area contributed by atoms with Gasteiger partial charge in [0.05, 0.1) is 24.5 Å². The Morgan fingerprint density at radius 3 is 2.28 bits per heavy atom. The standard InChI is InChI=1S/C19H22N4O2/c24-13-12-23(18-10-11-18)14-19(25)20-15-6-8-17(9-7-15)22-21-16-4-2-1-3-5-16/h1-9,18,24H,10-14H2,(H,20,25). The van der Waals surface area contributed by atoms with Crippen molar-refractivity contribution >= 4 is 23.0 Å². The molecule has 0 unspecified atom stereocenters. The fourth-order valence-electron chi connectivity index (χ4n) is 2.57. The van der Waals surface area contributed by atoms with Crippen molar-refractivity contribution in [3.05, 3.63) is 54.6 Å². The molecule has 6 heteroatoms. The van der Waals surface area contributed by atoms with Gasteiger partial charge in [0, 0.05) is 18.3 Å². The Labute approximate surface area is 147 Å². The first-order chi connectivity index (χ1) is 12.2. The SMILES string of the molecule is O=C(CN(CCO)C1CC1)Nc1ccc(N=Nc2ccccc2)cc1. The molecular formula is C19H22N4O2. The lowest BCUT2D eigenvalue weighted by Crippen LogP contribution is -2.36. The number of nitrogens with zero attached hydrogens (tertiary/aromatic N) is 3. The smallest absolute Gasteiger partial charge is 0.238 e. The van der Waals surface area contributed by atoms with Gasteiger partial charge in [-0.2, -0.15) is 10.2 Å². The average Bonchev–Trinajstić information content (AvgIpc) is 3.47. The fourth-order valence-corrected chi connectivity index (χ4v) is 2.57. The lowest BCUT2D eigenvalue weighted by Gasteiger charge is -2.20. The summed E-state index contributed by atoms with van der Waals surface area (Å²) in [6, 6.07) is 17.2. The number of anilines is 1. The zero-order valence-corrected chi connectivity index (χ0v) is 14.0. The quantitative estimate of drug-likeness (QED) is 0.723. The van der Waals surface area contributed by atoms with E-state index in [1.807, 2.05) is 59.5 Å². The van der Waals surface area contributed by atoms with Crippen LogP contribution in [0.3, 0.4) is 0 Å². The van der Waals surface area contributed by atoms with Crippen LogP contribution in [0.1, 0.15) is 12.8 Å². The number of rotatable bonds is 8. The highest BCUT2D eigenvalue weighted by Crippen LogP contribution is 2.26. The molecule has 6 nitrogen and oxygen atoms in total. The van der Waals surface area contributed by atoms with Crippen molar-refractivity contribution in [3.63, 3.8) is 0 Å². The number of benzene rings is 2. The molecule has 2 aromatic carbocycles. The number of hydrogen-bond donors (Lipinski definition) is 2. The van der Waals surface area contributed by atoms with Crippen LogP contribution < -0.4 is 5.32 Å². The first kappa shape index (κ1) is 17.3. The lowest BCUT2D eigenvalue weighted by atomic mass is 10.3. The van der Waals surface area contributed by atoms with Gasteiger partial charge in [0.15, 0.2) is 0 Å². The van der Waals surface area contributed by atoms with E-state index >= 15 is 0 Å². The van der Waals surface area contributed by atoms with E-state index in [0.717, 1.165) is 29.9 Å². The van der Waals surface area contributed by atoms with Crippen molar-refractivity contribution in [2.75, 3.05) is 25.0 Å². The minimum atomic E-state index is -0.0704. The van der Waals surface area contributed by atoms with Gasteiger partial charge in [-0.1, -0.05) is 18.2 Å². The number of azo groups is 1. The van der Waals surface area contributed by atoms with Crippen molar-refractivity contribution < 1.29 is 9.90 Å². The molecule has 0 aromatic heterocycles. The zero-order chi connectivity index (χ0) is 17.5. The van der Waals surface area contributed by atoms with Crippen LogP contribution in [0.5, 0.6) is 0 Å². The predicted molar refractivity (Wildman–Crippen MR) is 97.4 cm³/mol. The van der Waals surface area contributed by atoms with Gasteiger partial charge in [0.2, 0.25) is 5.91 Å². The molecule has 0 bridgehead atoms. The van der Waals surface area contributed by atoms with Crippen LogP contribution in [-0.2, 0) is 4.79 Å². The van der Waals surface area contributed by atoms with Crippen molar-refractivity contribution in [2.24, 2.45) is 10.2 Å². The maximum Gasteiger partial charge on any atom is 0.238 e. The van der Waals surface area contributed by atoms with E-state index in [1.54, 1.807) is 0 Å². The van der Waals surface area contributed by atoms with Crippen LogP contribution in [0.2, 0.25) is 0 Å². The molecule has 1 aliphatic rings. The Kier molecular flexibility index (Phi) is 5.87. The summed E-state index contributed by atoms with van der Waals surface area (Å²) < 4.78 is 0.